The average molecular weight is 327 g/mol. The minimum absolute atomic E-state index is 0.169. The average Bonchev–Trinajstić information content (AvgIpc) is 2.56. The van der Waals surface area contributed by atoms with E-state index in [1.54, 1.807) is 42.9 Å². The fourth-order valence-electron chi connectivity index (χ4n) is 1.95. The van der Waals surface area contributed by atoms with Crippen molar-refractivity contribution in [1.29, 1.82) is 0 Å². The van der Waals surface area contributed by atoms with Gasteiger partial charge in [0.1, 0.15) is 0 Å². The van der Waals surface area contributed by atoms with Gasteiger partial charge in [0, 0.05) is 29.7 Å². The molecule has 1 aromatic carbocycles. The van der Waals surface area contributed by atoms with Crippen molar-refractivity contribution in [3.8, 4) is 11.1 Å². The molecule has 3 aromatic rings. The van der Waals surface area contributed by atoms with Crippen LogP contribution in [0.4, 0.5) is 11.6 Å². The van der Waals surface area contributed by atoms with Crippen molar-refractivity contribution >= 4 is 21.7 Å². The summed E-state index contributed by atoms with van der Waals surface area (Å²) in [5.74, 6) is 0.169. The number of hydrogen-bond donors (Lipinski definition) is 2. The molecule has 0 aliphatic rings. The maximum atomic E-state index is 12.3. The topological polar surface area (TPSA) is 111 Å². The first-order valence-corrected chi connectivity index (χ1v) is 8.14. The maximum Gasteiger partial charge on any atom is 0.261 e. The number of nitrogens with two attached hydrogens (primary N) is 1. The number of pyridine rings is 1. The van der Waals surface area contributed by atoms with Crippen LogP contribution in [0.2, 0.25) is 0 Å². The van der Waals surface area contributed by atoms with Crippen molar-refractivity contribution in [2.75, 3.05) is 10.5 Å². The van der Waals surface area contributed by atoms with Gasteiger partial charge >= 0.3 is 0 Å². The predicted molar refractivity (Wildman–Crippen MR) is 86.9 cm³/mol. The first kappa shape index (κ1) is 14.9. The normalized spacial score (nSPS) is 11.1. The Morgan fingerprint density at radius 1 is 0.913 bits per heavy atom. The number of nitrogens with zero attached hydrogens (tertiary/aromatic N) is 3. The third-order valence-corrected chi connectivity index (χ3v) is 4.45. The SMILES string of the molecule is Nc1ncc(-c2cncc(NS(=O)(=O)c3ccccc3)c2)cn1. The van der Waals surface area contributed by atoms with Crippen LogP contribution in [0.25, 0.3) is 11.1 Å². The van der Waals surface area contributed by atoms with Gasteiger partial charge in [-0.15, -0.1) is 0 Å². The molecule has 0 radical (unpaired) electrons. The molecule has 0 aliphatic carbocycles. The van der Waals surface area contributed by atoms with Crippen LogP contribution in [0.1, 0.15) is 0 Å². The molecule has 0 amide bonds. The first-order chi connectivity index (χ1) is 11.0. The Hall–Kier alpha value is -3.00. The van der Waals surface area contributed by atoms with E-state index < -0.39 is 10.0 Å². The molecule has 7 nitrogen and oxygen atoms in total. The summed E-state index contributed by atoms with van der Waals surface area (Å²) in [6, 6.07) is 9.77. The number of rotatable bonds is 4. The summed E-state index contributed by atoms with van der Waals surface area (Å²) in [6.07, 6.45) is 6.13. The third kappa shape index (κ3) is 3.43. The summed E-state index contributed by atoms with van der Waals surface area (Å²) < 4.78 is 27.1. The third-order valence-electron chi connectivity index (χ3n) is 3.05. The molecule has 116 valence electrons. The zero-order chi connectivity index (χ0) is 16.3. The van der Waals surface area contributed by atoms with E-state index in [2.05, 4.69) is 19.7 Å². The Balaban J connectivity index is 1.90. The van der Waals surface area contributed by atoms with Gasteiger partial charge in [0.05, 0.1) is 16.8 Å². The van der Waals surface area contributed by atoms with Crippen LogP contribution in [-0.2, 0) is 10.0 Å². The first-order valence-electron chi connectivity index (χ1n) is 6.65. The number of sulfonamides is 1. The highest BCUT2D eigenvalue weighted by molar-refractivity contribution is 7.92. The zero-order valence-electron chi connectivity index (χ0n) is 11.9. The standard InChI is InChI=1S/C15H13N5O2S/c16-15-18-8-12(9-19-15)11-6-13(10-17-7-11)20-23(21,22)14-4-2-1-3-5-14/h1-10,20H,(H2,16,18,19). The van der Waals surface area contributed by atoms with Crippen LogP contribution in [0.3, 0.4) is 0 Å². The van der Waals surface area contributed by atoms with Gasteiger partial charge in [-0.1, -0.05) is 18.2 Å². The van der Waals surface area contributed by atoms with Gasteiger partial charge in [-0.3, -0.25) is 9.71 Å². The second kappa shape index (κ2) is 6.01. The predicted octanol–water partition coefficient (Wildman–Crippen LogP) is 1.92. The number of nitrogen functional groups attached to an aromatic ring is 1. The van der Waals surface area contributed by atoms with Gasteiger partial charge < -0.3 is 5.73 Å². The van der Waals surface area contributed by atoms with Crippen molar-refractivity contribution in [2.24, 2.45) is 0 Å². The molecule has 0 saturated carbocycles. The largest absolute Gasteiger partial charge is 0.368 e. The van der Waals surface area contributed by atoms with Gasteiger partial charge in [0.2, 0.25) is 5.95 Å². The number of hydrogen-bond acceptors (Lipinski definition) is 6. The van der Waals surface area contributed by atoms with Gasteiger partial charge in [-0.25, -0.2) is 18.4 Å². The Morgan fingerprint density at radius 2 is 1.61 bits per heavy atom. The van der Waals surface area contributed by atoms with Crippen molar-refractivity contribution in [3.05, 3.63) is 61.2 Å². The number of benzene rings is 1. The Morgan fingerprint density at radius 3 is 2.30 bits per heavy atom. The van der Waals surface area contributed by atoms with Crippen LogP contribution in [0, 0.1) is 0 Å². The molecule has 0 bridgehead atoms. The molecule has 0 atom stereocenters. The molecule has 2 heterocycles. The highest BCUT2D eigenvalue weighted by Gasteiger charge is 2.14. The molecular formula is C15H13N5O2S. The lowest BCUT2D eigenvalue weighted by atomic mass is 10.1. The molecule has 2 aromatic heterocycles. The Bertz CT molecular complexity index is 912. The van der Waals surface area contributed by atoms with Gasteiger partial charge in [-0.2, -0.15) is 0 Å². The fraction of sp³-hybridized carbons (Fsp3) is 0. The minimum atomic E-state index is -3.66. The Kier molecular flexibility index (Phi) is 3.90. The molecular weight excluding hydrogens is 314 g/mol. The quantitative estimate of drug-likeness (QED) is 0.757. The van der Waals surface area contributed by atoms with Gasteiger partial charge in [0.15, 0.2) is 0 Å². The number of anilines is 2. The molecule has 0 fully saturated rings. The lowest BCUT2D eigenvalue weighted by Gasteiger charge is -2.09. The number of nitrogens with one attached hydrogen (secondary N) is 1. The van der Waals surface area contributed by atoms with Crippen molar-refractivity contribution in [2.45, 2.75) is 4.90 Å². The van der Waals surface area contributed by atoms with Gasteiger partial charge in [0.25, 0.3) is 10.0 Å². The molecule has 3 rings (SSSR count). The van der Waals surface area contributed by atoms with Crippen LogP contribution < -0.4 is 10.5 Å². The molecule has 3 N–H and O–H groups in total. The van der Waals surface area contributed by atoms with E-state index >= 15 is 0 Å². The highest BCUT2D eigenvalue weighted by Crippen LogP contribution is 2.22. The van der Waals surface area contributed by atoms with Crippen LogP contribution >= 0.6 is 0 Å². The fourth-order valence-corrected chi connectivity index (χ4v) is 3.01. The second-order valence-corrected chi connectivity index (χ2v) is 6.39. The lowest BCUT2D eigenvalue weighted by Crippen LogP contribution is -2.13. The van der Waals surface area contributed by atoms with E-state index in [0.29, 0.717) is 16.8 Å². The van der Waals surface area contributed by atoms with Crippen LogP contribution in [0.5, 0.6) is 0 Å². The Labute approximate surface area is 133 Å². The van der Waals surface area contributed by atoms with Gasteiger partial charge in [-0.05, 0) is 18.2 Å². The van der Waals surface area contributed by atoms with E-state index in [0.717, 1.165) is 0 Å². The van der Waals surface area contributed by atoms with Crippen molar-refractivity contribution < 1.29 is 8.42 Å². The van der Waals surface area contributed by atoms with Crippen LogP contribution in [-0.4, -0.2) is 23.4 Å². The summed E-state index contributed by atoms with van der Waals surface area (Å²) >= 11 is 0. The summed E-state index contributed by atoms with van der Waals surface area (Å²) in [6.45, 7) is 0. The molecule has 0 unspecified atom stereocenters. The molecule has 8 heteroatoms. The summed E-state index contributed by atoms with van der Waals surface area (Å²) in [7, 11) is -3.66. The van der Waals surface area contributed by atoms with E-state index in [9.17, 15) is 8.42 Å². The summed E-state index contributed by atoms with van der Waals surface area (Å²) in [4.78, 5) is 12.0. The molecule has 0 saturated heterocycles. The lowest BCUT2D eigenvalue weighted by molar-refractivity contribution is 0.601. The minimum Gasteiger partial charge on any atom is -0.368 e. The summed E-state index contributed by atoms with van der Waals surface area (Å²) in [5.41, 5.74) is 7.17. The van der Waals surface area contributed by atoms with Crippen LogP contribution in [0.15, 0.2) is 66.1 Å². The molecule has 23 heavy (non-hydrogen) atoms. The molecule has 0 aliphatic heterocycles. The maximum absolute atomic E-state index is 12.3. The highest BCUT2D eigenvalue weighted by atomic mass is 32.2. The van der Waals surface area contributed by atoms with Crippen molar-refractivity contribution in [3.63, 3.8) is 0 Å². The van der Waals surface area contributed by atoms with E-state index in [1.165, 1.54) is 18.3 Å². The zero-order valence-corrected chi connectivity index (χ0v) is 12.7. The monoisotopic (exact) mass is 327 g/mol. The van der Waals surface area contributed by atoms with E-state index in [4.69, 9.17) is 5.73 Å². The number of aromatic nitrogens is 3. The van der Waals surface area contributed by atoms with Crippen molar-refractivity contribution in [1.82, 2.24) is 15.0 Å². The van der Waals surface area contributed by atoms with E-state index in [1.807, 2.05) is 0 Å². The summed E-state index contributed by atoms with van der Waals surface area (Å²) in [5, 5.41) is 0. The molecule has 0 spiro atoms. The van der Waals surface area contributed by atoms with E-state index in [-0.39, 0.29) is 10.8 Å². The second-order valence-electron chi connectivity index (χ2n) is 4.71. The smallest absolute Gasteiger partial charge is 0.261 e.